The molecule has 0 fully saturated rings. The Labute approximate surface area is 156 Å². The van der Waals surface area contributed by atoms with Crippen molar-refractivity contribution in [2.75, 3.05) is 24.7 Å². The SMILES string of the molecule is N#Cc1c(N)nc2sc(OC(N)=O)c(N)c2c1-c1ccc2c(c1)OCCO2. The maximum atomic E-state index is 11.1. The first-order valence-electron chi connectivity index (χ1n) is 7.78. The Morgan fingerprint density at radius 2 is 2.00 bits per heavy atom. The number of hydrogen-bond donors (Lipinski definition) is 3. The third kappa shape index (κ3) is 2.70. The lowest BCUT2D eigenvalue weighted by Crippen LogP contribution is -2.16. The van der Waals surface area contributed by atoms with Crippen molar-refractivity contribution < 1.29 is 19.0 Å². The molecule has 0 aliphatic carbocycles. The van der Waals surface area contributed by atoms with Crippen LogP contribution in [0.1, 0.15) is 5.56 Å². The highest BCUT2D eigenvalue weighted by atomic mass is 32.1. The molecule has 1 aromatic carbocycles. The number of carbonyl (C=O) groups excluding carboxylic acids is 1. The molecule has 27 heavy (non-hydrogen) atoms. The fraction of sp³-hybridized carbons (Fsp3) is 0.118. The van der Waals surface area contributed by atoms with Crippen molar-refractivity contribution in [3.63, 3.8) is 0 Å². The lowest BCUT2D eigenvalue weighted by Gasteiger charge is -2.19. The third-order valence-corrected chi connectivity index (χ3v) is 4.98. The van der Waals surface area contributed by atoms with E-state index in [0.29, 0.717) is 46.1 Å². The Morgan fingerprint density at radius 1 is 1.26 bits per heavy atom. The van der Waals surface area contributed by atoms with Crippen LogP contribution in [0.5, 0.6) is 16.6 Å². The number of nitriles is 1. The highest BCUT2D eigenvalue weighted by molar-refractivity contribution is 7.21. The number of hydrogen-bond acceptors (Lipinski definition) is 9. The minimum atomic E-state index is -0.998. The summed E-state index contributed by atoms with van der Waals surface area (Å²) in [5, 5.41) is 10.2. The molecule has 0 unspecified atom stereocenters. The second-order valence-corrected chi connectivity index (χ2v) is 6.58. The van der Waals surface area contributed by atoms with Gasteiger partial charge >= 0.3 is 6.09 Å². The number of pyridine rings is 1. The number of aromatic nitrogens is 1. The average Bonchev–Trinajstić information content (AvgIpc) is 2.94. The maximum Gasteiger partial charge on any atom is 0.410 e. The Hall–Kier alpha value is -3.71. The molecule has 2 aromatic heterocycles. The Kier molecular flexibility index (Phi) is 3.86. The standard InChI is InChI=1S/C17H13N5O4S/c18-6-8-11(7-1-2-9-10(5-7)25-4-3-24-9)12-13(19)16(26-17(21)23)27-15(12)22-14(8)20/h1-2,5H,3-4,19H2,(H2,20,22)(H2,21,23). The number of ether oxygens (including phenoxy) is 3. The normalized spacial score (nSPS) is 12.6. The summed E-state index contributed by atoms with van der Waals surface area (Å²) in [6.07, 6.45) is -0.998. The molecular weight excluding hydrogens is 370 g/mol. The predicted molar refractivity (Wildman–Crippen MR) is 99.8 cm³/mol. The fourth-order valence-corrected chi connectivity index (χ4v) is 3.89. The monoisotopic (exact) mass is 383 g/mol. The summed E-state index contributed by atoms with van der Waals surface area (Å²) >= 11 is 1.02. The smallest absolute Gasteiger partial charge is 0.410 e. The van der Waals surface area contributed by atoms with E-state index in [0.717, 1.165) is 11.3 Å². The van der Waals surface area contributed by atoms with E-state index in [1.54, 1.807) is 18.2 Å². The first-order chi connectivity index (χ1) is 13.0. The summed E-state index contributed by atoms with van der Waals surface area (Å²) in [4.78, 5) is 15.8. The van der Waals surface area contributed by atoms with E-state index in [9.17, 15) is 10.1 Å². The zero-order valence-electron chi connectivity index (χ0n) is 13.8. The number of amides is 1. The van der Waals surface area contributed by atoms with Crippen LogP contribution in [-0.4, -0.2) is 24.3 Å². The molecule has 10 heteroatoms. The molecule has 3 aromatic rings. The van der Waals surface area contributed by atoms with Crippen LogP contribution in [0, 0.1) is 11.3 Å². The number of anilines is 2. The Morgan fingerprint density at radius 3 is 2.70 bits per heavy atom. The van der Waals surface area contributed by atoms with Gasteiger partial charge in [-0.25, -0.2) is 9.78 Å². The summed E-state index contributed by atoms with van der Waals surface area (Å²) in [5.41, 5.74) is 18.7. The van der Waals surface area contributed by atoms with Crippen molar-refractivity contribution in [1.29, 1.82) is 5.26 Å². The first kappa shape index (κ1) is 16.7. The second kappa shape index (κ2) is 6.22. The van der Waals surface area contributed by atoms with Crippen molar-refractivity contribution in [3.8, 4) is 33.8 Å². The predicted octanol–water partition coefficient (Wildman–Crippen LogP) is 2.23. The van der Waals surface area contributed by atoms with Crippen molar-refractivity contribution >= 4 is 39.2 Å². The molecule has 6 N–H and O–H groups in total. The van der Waals surface area contributed by atoms with E-state index in [4.69, 9.17) is 31.4 Å². The van der Waals surface area contributed by atoms with Gasteiger partial charge in [0.05, 0.1) is 5.69 Å². The molecule has 0 saturated carbocycles. The number of benzene rings is 1. The van der Waals surface area contributed by atoms with Crippen LogP contribution in [0.4, 0.5) is 16.3 Å². The Balaban J connectivity index is 2.02. The summed E-state index contributed by atoms with van der Waals surface area (Å²) in [7, 11) is 0. The number of fused-ring (bicyclic) bond motifs is 2. The molecule has 1 aliphatic heterocycles. The first-order valence-corrected chi connectivity index (χ1v) is 8.60. The van der Waals surface area contributed by atoms with E-state index in [-0.39, 0.29) is 22.1 Å². The molecule has 4 rings (SSSR count). The minimum Gasteiger partial charge on any atom is -0.486 e. The molecule has 0 bridgehead atoms. The quantitative estimate of drug-likeness (QED) is 0.607. The third-order valence-electron chi connectivity index (χ3n) is 4.01. The van der Waals surface area contributed by atoms with Gasteiger partial charge in [0.15, 0.2) is 11.5 Å². The van der Waals surface area contributed by atoms with E-state index >= 15 is 0 Å². The van der Waals surface area contributed by atoms with Crippen LogP contribution < -0.4 is 31.4 Å². The van der Waals surface area contributed by atoms with Gasteiger partial charge in [0.2, 0.25) is 5.06 Å². The number of thiophene rings is 1. The van der Waals surface area contributed by atoms with E-state index in [1.165, 1.54) is 0 Å². The highest BCUT2D eigenvalue weighted by Gasteiger charge is 2.24. The molecule has 1 amide bonds. The van der Waals surface area contributed by atoms with Gasteiger partial charge in [0, 0.05) is 10.9 Å². The molecule has 136 valence electrons. The molecular formula is C17H13N5O4S. The average molecular weight is 383 g/mol. The number of nitrogen functional groups attached to an aromatic ring is 2. The van der Waals surface area contributed by atoms with Crippen LogP contribution in [0.25, 0.3) is 21.3 Å². The molecule has 0 spiro atoms. The summed E-state index contributed by atoms with van der Waals surface area (Å²) in [5.74, 6) is 1.20. The summed E-state index contributed by atoms with van der Waals surface area (Å²) in [6.45, 7) is 0.889. The molecule has 3 heterocycles. The zero-order valence-corrected chi connectivity index (χ0v) is 14.6. The number of nitrogens with two attached hydrogens (primary N) is 3. The van der Waals surface area contributed by atoms with Gasteiger partial charge in [-0.15, -0.1) is 0 Å². The number of primary amides is 1. The zero-order chi connectivity index (χ0) is 19.1. The molecule has 1 aliphatic rings. The molecule has 0 atom stereocenters. The minimum absolute atomic E-state index is 0.0433. The summed E-state index contributed by atoms with van der Waals surface area (Å²) < 4.78 is 16.1. The van der Waals surface area contributed by atoms with Crippen molar-refractivity contribution in [1.82, 2.24) is 4.98 Å². The largest absolute Gasteiger partial charge is 0.486 e. The van der Waals surface area contributed by atoms with Crippen molar-refractivity contribution in [2.45, 2.75) is 0 Å². The van der Waals surface area contributed by atoms with Crippen LogP contribution in [-0.2, 0) is 0 Å². The van der Waals surface area contributed by atoms with E-state index < -0.39 is 6.09 Å². The van der Waals surface area contributed by atoms with Crippen LogP contribution in [0.15, 0.2) is 18.2 Å². The van der Waals surface area contributed by atoms with Crippen LogP contribution in [0.2, 0.25) is 0 Å². The van der Waals surface area contributed by atoms with Crippen LogP contribution >= 0.6 is 11.3 Å². The maximum absolute atomic E-state index is 11.1. The van der Waals surface area contributed by atoms with Crippen molar-refractivity contribution in [2.24, 2.45) is 5.73 Å². The van der Waals surface area contributed by atoms with Crippen LogP contribution in [0.3, 0.4) is 0 Å². The number of nitrogens with zero attached hydrogens (tertiary/aromatic N) is 2. The molecule has 0 saturated heterocycles. The van der Waals surface area contributed by atoms with E-state index in [2.05, 4.69) is 11.1 Å². The summed E-state index contributed by atoms with van der Waals surface area (Å²) in [6, 6.07) is 7.33. The van der Waals surface area contributed by atoms with Gasteiger partial charge < -0.3 is 31.4 Å². The van der Waals surface area contributed by atoms with Gasteiger partial charge in [-0.05, 0) is 17.7 Å². The Bertz CT molecular complexity index is 1130. The van der Waals surface area contributed by atoms with Gasteiger partial charge in [0.25, 0.3) is 0 Å². The van der Waals surface area contributed by atoms with E-state index in [1.807, 2.05) is 0 Å². The van der Waals surface area contributed by atoms with Crippen molar-refractivity contribution in [3.05, 3.63) is 23.8 Å². The second-order valence-electron chi connectivity index (χ2n) is 5.62. The fourth-order valence-electron chi connectivity index (χ4n) is 2.92. The molecule has 9 nitrogen and oxygen atoms in total. The van der Waals surface area contributed by atoms with Gasteiger partial charge in [0.1, 0.15) is 35.5 Å². The molecule has 0 radical (unpaired) electrons. The number of rotatable bonds is 2. The topological polar surface area (TPSA) is 160 Å². The van der Waals surface area contributed by atoms with Gasteiger partial charge in [-0.1, -0.05) is 17.4 Å². The lowest BCUT2D eigenvalue weighted by molar-refractivity contribution is 0.171. The highest BCUT2D eigenvalue weighted by Crippen LogP contribution is 2.47. The lowest BCUT2D eigenvalue weighted by atomic mass is 9.97. The van der Waals surface area contributed by atoms with Gasteiger partial charge in [-0.2, -0.15) is 5.26 Å². The number of carbonyl (C=O) groups is 1. The van der Waals surface area contributed by atoms with Gasteiger partial charge in [-0.3, -0.25) is 0 Å².